The standard InChI is InChI=1S/Ba.4ClH.Cr.2H/h;4*1H;;;/q;;;;;+3;;/p-3. The molecule has 0 amide bonds. The molecule has 0 nitrogen and oxygen atoms in total. The fraction of sp³-hybridized carbons (Fsp3) is 0. The minimum atomic E-state index is -1.62. The van der Waals surface area contributed by atoms with E-state index in [0.717, 1.165) is 0 Å². The third kappa shape index (κ3) is 26.8. The van der Waals surface area contributed by atoms with Crippen LogP contribution in [0.5, 0.6) is 0 Å². The summed E-state index contributed by atoms with van der Waals surface area (Å²) in [5, 5.41) is 0. The van der Waals surface area contributed by atoms with Gasteiger partial charge in [0.1, 0.15) is 0 Å². The molecule has 0 fully saturated rings. The summed E-state index contributed by atoms with van der Waals surface area (Å²) in [7, 11) is 14.8. The molecule has 0 aromatic carbocycles. The first-order valence-corrected chi connectivity index (χ1v) is 5.73. The molecule has 0 aliphatic carbocycles. The van der Waals surface area contributed by atoms with Crippen LogP contribution in [0.15, 0.2) is 0 Å². The molecule has 0 aliphatic rings. The van der Waals surface area contributed by atoms with Crippen LogP contribution in [0.25, 0.3) is 0 Å². The molecule has 0 aromatic heterocycles. The Bertz CT molecular complexity index is 12.3. The predicted molar refractivity (Wildman–Crippen MR) is 33.4 cm³/mol. The summed E-state index contributed by atoms with van der Waals surface area (Å²) in [4.78, 5) is 0. The van der Waals surface area contributed by atoms with Gasteiger partial charge in [-0.05, 0) is 0 Å². The van der Waals surface area contributed by atoms with Crippen LogP contribution >= 0.6 is 42.6 Å². The van der Waals surface area contributed by atoms with Crippen LogP contribution in [0.4, 0.5) is 0 Å². The average molecular weight is 334 g/mol. The fourth-order valence-electron chi connectivity index (χ4n) is 0. The van der Waals surface area contributed by atoms with Crippen molar-refractivity contribution < 1.29 is 11.4 Å². The topological polar surface area (TPSA) is 0 Å². The summed E-state index contributed by atoms with van der Waals surface area (Å²) in [6.45, 7) is 0. The zero-order valence-corrected chi connectivity index (χ0v) is 6.31. The molecule has 0 aliphatic heterocycles. The van der Waals surface area contributed by atoms with Gasteiger partial charge >= 0.3 is 90.4 Å². The third-order valence-corrected chi connectivity index (χ3v) is 0. The van der Waals surface area contributed by atoms with Gasteiger partial charge in [0.15, 0.2) is 0 Å². The van der Waals surface area contributed by atoms with E-state index in [0.29, 0.717) is 0 Å². The van der Waals surface area contributed by atoms with E-state index in [4.69, 9.17) is 30.1 Å². The van der Waals surface area contributed by atoms with E-state index in [9.17, 15) is 0 Å². The minimum absolute atomic E-state index is 0. The zero-order chi connectivity index (χ0) is 3.58. The quantitative estimate of drug-likeness (QED) is 0.590. The SMILES string of the molecule is Cl.[BaH2].[Cl][Cr]([Cl])[Cl]. The van der Waals surface area contributed by atoms with E-state index < -0.39 is 11.4 Å². The summed E-state index contributed by atoms with van der Waals surface area (Å²) >= 11 is -1.62. The Balaban J connectivity index is -0.0000000450. The van der Waals surface area contributed by atoms with Crippen LogP contribution in [0.1, 0.15) is 0 Å². The van der Waals surface area contributed by atoms with Gasteiger partial charge in [-0.1, -0.05) is 0 Å². The van der Waals surface area contributed by atoms with Crippen LogP contribution in [-0.4, -0.2) is 48.9 Å². The van der Waals surface area contributed by atoms with Crippen molar-refractivity contribution >= 4 is 91.4 Å². The van der Waals surface area contributed by atoms with Gasteiger partial charge in [0, 0.05) is 0 Å². The monoisotopic (exact) mass is 333 g/mol. The first kappa shape index (κ1) is 16.1. The predicted octanol–water partition coefficient (Wildman–Crippen LogP) is 1.57. The van der Waals surface area contributed by atoms with Crippen molar-refractivity contribution in [3.05, 3.63) is 0 Å². The summed E-state index contributed by atoms with van der Waals surface area (Å²) < 4.78 is 0. The van der Waals surface area contributed by atoms with E-state index in [1.165, 1.54) is 0 Å². The molecule has 0 atom stereocenters. The molecule has 0 unspecified atom stereocenters. The van der Waals surface area contributed by atoms with Crippen LogP contribution in [0, 0.1) is 0 Å². The normalized spacial score (nSPS) is 6.00. The molecule has 6 heavy (non-hydrogen) atoms. The fourth-order valence-corrected chi connectivity index (χ4v) is 0. The first-order valence-electron chi connectivity index (χ1n) is 0.463. The molecular formula is H3BaCl4Cr. The second-order valence-corrected chi connectivity index (χ2v) is 6.49. The molecule has 0 saturated heterocycles. The van der Waals surface area contributed by atoms with Crippen molar-refractivity contribution in [3.8, 4) is 0 Å². The van der Waals surface area contributed by atoms with Gasteiger partial charge in [0.05, 0.1) is 0 Å². The van der Waals surface area contributed by atoms with Gasteiger partial charge in [-0.3, -0.25) is 0 Å². The third-order valence-electron chi connectivity index (χ3n) is 0. The summed E-state index contributed by atoms with van der Waals surface area (Å²) in [6.07, 6.45) is 0. The van der Waals surface area contributed by atoms with Gasteiger partial charge in [-0.2, -0.15) is 0 Å². The van der Waals surface area contributed by atoms with E-state index in [1.807, 2.05) is 0 Å². The Kier molecular flexibility index (Phi) is 29.9. The summed E-state index contributed by atoms with van der Waals surface area (Å²) in [5.41, 5.74) is 0. The molecule has 0 bridgehead atoms. The molecule has 6 heteroatoms. The number of halogens is 4. The van der Waals surface area contributed by atoms with E-state index >= 15 is 0 Å². The maximum atomic E-state index is 4.93. The zero-order valence-electron chi connectivity index (χ0n) is 1.95. The van der Waals surface area contributed by atoms with Crippen LogP contribution in [0.2, 0.25) is 0 Å². The Labute approximate surface area is 100 Å². The number of rotatable bonds is 0. The van der Waals surface area contributed by atoms with E-state index in [2.05, 4.69) is 0 Å². The summed E-state index contributed by atoms with van der Waals surface area (Å²) in [5.74, 6) is 0. The van der Waals surface area contributed by atoms with Crippen LogP contribution < -0.4 is 0 Å². The van der Waals surface area contributed by atoms with Gasteiger partial charge < -0.3 is 0 Å². The molecule has 0 heterocycles. The Morgan fingerprint density at radius 2 is 1.00 bits per heavy atom. The molecular weight excluding hydrogens is 331 g/mol. The Morgan fingerprint density at radius 3 is 1.00 bits per heavy atom. The molecule has 0 radical (unpaired) electrons. The second-order valence-electron chi connectivity index (χ2n) is 0.175. The van der Waals surface area contributed by atoms with Crippen molar-refractivity contribution in [1.82, 2.24) is 0 Å². The number of hydrogen-bond donors (Lipinski definition) is 0. The van der Waals surface area contributed by atoms with Crippen molar-refractivity contribution in [2.75, 3.05) is 0 Å². The summed E-state index contributed by atoms with van der Waals surface area (Å²) in [6, 6.07) is 0. The molecule has 0 aromatic rings. The van der Waals surface area contributed by atoms with Crippen molar-refractivity contribution in [2.45, 2.75) is 0 Å². The van der Waals surface area contributed by atoms with Gasteiger partial charge in [0.25, 0.3) is 0 Å². The number of hydrogen-bond acceptors (Lipinski definition) is 0. The van der Waals surface area contributed by atoms with Crippen molar-refractivity contribution in [2.24, 2.45) is 0 Å². The maximum absolute atomic E-state index is 4.93. The van der Waals surface area contributed by atoms with Gasteiger partial charge in [-0.15, -0.1) is 12.4 Å². The van der Waals surface area contributed by atoms with Crippen molar-refractivity contribution in [1.29, 1.82) is 0 Å². The van der Waals surface area contributed by atoms with Crippen LogP contribution in [0.3, 0.4) is 0 Å². The molecule has 0 rings (SSSR count). The van der Waals surface area contributed by atoms with E-state index in [1.54, 1.807) is 0 Å². The Hall–Kier alpha value is 3.26. The van der Waals surface area contributed by atoms with Gasteiger partial charge in [0.2, 0.25) is 0 Å². The molecule has 39 valence electrons. The molecule has 0 saturated carbocycles. The Morgan fingerprint density at radius 1 is 1.00 bits per heavy atom. The average Bonchev–Trinajstić information content (AvgIpc) is 0.811. The first-order chi connectivity index (χ1) is 1.73. The molecule has 0 spiro atoms. The van der Waals surface area contributed by atoms with E-state index in [-0.39, 0.29) is 61.3 Å². The van der Waals surface area contributed by atoms with Crippen LogP contribution in [-0.2, 0) is 11.4 Å². The molecule has 0 N–H and O–H groups in total. The van der Waals surface area contributed by atoms with Gasteiger partial charge in [-0.25, -0.2) is 0 Å². The van der Waals surface area contributed by atoms with Crippen molar-refractivity contribution in [3.63, 3.8) is 0 Å². The second kappa shape index (κ2) is 11.1.